The number of hydrogen-bond acceptors (Lipinski definition) is 4. The van der Waals surface area contributed by atoms with Crippen LogP contribution >= 0.6 is 11.3 Å². The van der Waals surface area contributed by atoms with Crippen LogP contribution < -0.4 is 0 Å². The predicted octanol–water partition coefficient (Wildman–Crippen LogP) is 13.1. The van der Waals surface area contributed by atoms with Gasteiger partial charge in [-0.25, -0.2) is 9.97 Å². The van der Waals surface area contributed by atoms with Gasteiger partial charge in [0.25, 0.3) is 0 Å². The van der Waals surface area contributed by atoms with Gasteiger partial charge in [-0.05, 0) is 75.8 Å². The highest BCUT2D eigenvalue weighted by molar-refractivity contribution is 7.26. The van der Waals surface area contributed by atoms with Crippen molar-refractivity contribution in [2.75, 3.05) is 0 Å². The van der Waals surface area contributed by atoms with Crippen LogP contribution in [0.15, 0.2) is 174 Å². The molecule has 0 aliphatic carbocycles. The molecule has 0 N–H and O–H groups in total. The van der Waals surface area contributed by atoms with Crippen LogP contribution in [0, 0.1) is 0 Å². The van der Waals surface area contributed by atoms with E-state index in [9.17, 15) is 0 Å². The summed E-state index contributed by atoms with van der Waals surface area (Å²) in [6, 6.07) is 59.7. The molecule has 234 valence electrons. The van der Waals surface area contributed by atoms with Crippen LogP contribution in [0.2, 0.25) is 0 Å². The molecule has 0 saturated heterocycles. The second-order valence-electron chi connectivity index (χ2n) is 12.6. The van der Waals surface area contributed by atoms with Crippen LogP contribution in [-0.4, -0.2) is 9.97 Å². The summed E-state index contributed by atoms with van der Waals surface area (Å²) in [5, 5.41) is 3.45. The molecule has 4 heteroatoms. The van der Waals surface area contributed by atoms with Crippen molar-refractivity contribution < 1.29 is 4.42 Å². The van der Waals surface area contributed by atoms with E-state index in [1.54, 1.807) is 11.3 Å². The molecule has 50 heavy (non-hydrogen) atoms. The van der Waals surface area contributed by atoms with Crippen molar-refractivity contribution in [1.82, 2.24) is 9.97 Å². The molecular weight excluding hydrogens is 629 g/mol. The molecule has 7 aromatic carbocycles. The van der Waals surface area contributed by atoms with E-state index in [2.05, 4.69) is 152 Å². The number of rotatable bonds is 5. The topological polar surface area (TPSA) is 38.9 Å². The van der Waals surface area contributed by atoms with Gasteiger partial charge >= 0.3 is 0 Å². The van der Waals surface area contributed by atoms with E-state index in [4.69, 9.17) is 14.4 Å². The Morgan fingerprint density at radius 2 is 0.920 bits per heavy atom. The minimum atomic E-state index is 0.729. The molecule has 3 nitrogen and oxygen atoms in total. The Morgan fingerprint density at radius 1 is 0.380 bits per heavy atom. The maximum atomic E-state index is 6.19. The molecule has 3 heterocycles. The summed E-state index contributed by atoms with van der Waals surface area (Å²) in [6.45, 7) is 0. The lowest BCUT2D eigenvalue weighted by Gasteiger charge is -2.10. The summed E-state index contributed by atoms with van der Waals surface area (Å²) in [7, 11) is 0. The zero-order valence-electron chi connectivity index (χ0n) is 26.9. The quantitative estimate of drug-likeness (QED) is 0.185. The van der Waals surface area contributed by atoms with Crippen LogP contribution in [0.5, 0.6) is 0 Å². The van der Waals surface area contributed by atoms with Crippen molar-refractivity contribution in [3.8, 4) is 56.0 Å². The minimum absolute atomic E-state index is 0.729. The molecule has 0 unspecified atom stereocenters. The lowest BCUT2D eigenvalue weighted by Crippen LogP contribution is -1.94. The molecule has 0 atom stereocenters. The number of benzene rings is 7. The van der Waals surface area contributed by atoms with Crippen molar-refractivity contribution in [3.63, 3.8) is 0 Å². The Labute approximate surface area is 292 Å². The van der Waals surface area contributed by atoms with E-state index >= 15 is 0 Å². The lowest BCUT2D eigenvalue weighted by molar-refractivity contribution is 0.669. The highest BCUT2D eigenvalue weighted by Crippen LogP contribution is 2.40. The monoisotopic (exact) mass is 656 g/mol. The Bertz CT molecular complexity index is 2880. The van der Waals surface area contributed by atoms with E-state index < -0.39 is 0 Å². The summed E-state index contributed by atoms with van der Waals surface area (Å²) < 4.78 is 8.53. The average Bonchev–Trinajstić information content (AvgIpc) is 3.76. The van der Waals surface area contributed by atoms with Crippen LogP contribution in [0.25, 0.3) is 98.3 Å². The summed E-state index contributed by atoms with van der Waals surface area (Å²) in [6.07, 6.45) is 0. The molecule has 0 radical (unpaired) electrons. The van der Waals surface area contributed by atoms with Crippen molar-refractivity contribution in [1.29, 1.82) is 0 Å². The number of fused-ring (bicyclic) bond motifs is 6. The molecule has 0 bridgehead atoms. The first-order valence-electron chi connectivity index (χ1n) is 16.7. The summed E-state index contributed by atoms with van der Waals surface area (Å²) >= 11 is 1.76. The normalized spacial score (nSPS) is 11.6. The first-order valence-corrected chi connectivity index (χ1v) is 17.5. The van der Waals surface area contributed by atoms with Gasteiger partial charge in [-0.15, -0.1) is 11.3 Å². The Hall–Kier alpha value is -6.36. The molecule has 10 rings (SSSR count). The Balaban J connectivity index is 1.03. The SMILES string of the molecule is c1ccc(-c2nc(-c3cccc(-c4cccc(-c5cccc(-c6ccc7c(c6)oc6ccccc67)c5)c4)c3)nc3c2sc2ccccc23)cc1. The van der Waals surface area contributed by atoms with Gasteiger partial charge in [0, 0.05) is 32.0 Å². The maximum absolute atomic E-state index is 6.19. The summed E-state index contributed by atoms with van der Waals surface area (Å²) in [5.74, 6) is 0.729. The number of para-hydroxylation sites is 1. The number of furan rings is 1. The second kappa shape index (κ2) is 11.7. The standard InChI is InChI=1S/C46H28N2OS/c1-2-11-29(12-3-1)43-45-44(39-20-5-7-22-42(39)50-45)48-46(47-43)36-18-10-17-34(27-36)32-15-8-13-30(25-32)31-14-9-16-33(26-31)35-23-24-38-37-19-4-6-21-40(37)49-41(38)28-35/h1-28H. The number of aromatic nitrogens is 2. The van der Waals surface area contributed by atoms with Crippen LogP contribution in [0.3, 0.4) is 0 Å². The fourth-order valence-electron chi connectivity index (χ4n) is 7.01. The molecule has 0 spiro atoms. The second-order valence-corrected chi connectivity index (χ2v) is 13.6. The first kappa shape index (κ1) is 28.6. The van der Waals surface area contributed by atoms with Gasteiger partial charge in [-0.2, -0.15) is 0 Å². The zero-order valence-corrected chi connectivity index (χ0v) is 27.7. The Morgan fingerprint density at radius 3 is 1.64 bits per heavy atom. The van der Waals surface area contributed by atoms with Gasteiger partial charge in [0.05, 0.1) is 15.9 Å². The third-order valence-electron chi connectivity index (χ3n) is 9.49. The van der Waals surface area contributed by atoms with Gasteiger partial charge in [0.15, 0.2) is 5.82 Å². The molecule has 0 fully saturated rings. The van der Waals surface area contributed by atoms with Gasteiger partial charge in [-0.1, -0.05) is 127 Å². The smallest absolute Gasteiger partial charge is 0.160 e. The molecule has 0 amide bonds. The van der Waals surface area contributed by atoms with Crippen LogP contribution in [-0.2, 0) is 0 Å². The lowest BCUT2D eigenvalue weighted by atomic mass is 9.95. The van der Waals surface area contributed by atoms with E-state index in [-0.39, 0.29) is 0 Å². The predicted molar refractivity (Wildman–Crippen MR) is 209 cm³/mol. The first-order chi connectivity index (χ1) is 24.7. The maximum Gasteiger partial charge on any atom is 0.160 e. The Kier molecular flexibility index (Phi) is 6.68. The fourth-order valence-corrected chi connectivity index (χ4v) is 8.17. The number of thiophene rings is 1. The van der Waals surface area contributed by atoms with Crippen molar-refractivity contribution >= 4 is 53.6 Å². The van der Waals surface area contributed by atoms with E-state index in [1.807, 2.05) is 18.2 Å². The molecule has 10 aromatic rings. The van der Waals surface area contributed by atoms with E-state index in [0.29, 0.717) is 0 Å². The highest BCUT2D eigenvalue weighted by Gasteiger charge is 2.17. The van der Waals surface area contributed by atoms with Gasteiger partial charge in [0.2, 0.25) is 0 Å². The largest absolute Gasteiger partial charge is 0.456 e. The van der Waals surface area contributed by atoms with Gasteiger partial charge in [0.1, 0.15) is 11.2 Å². The third-order valence-corrected chi connectivity index (χ3v) is 10.7. The van der Waals surface area contributed by atoms with Crippen molar-refractivity contribution in [2.45, 2.75) is 0 Å². The molecule has 0 saturated carbocycles. The fraction of sp³-hybridized carbons (Fsp3) is 0. The van der Waals surface area contributed by atoms with E-state index in [0.717, 1.165) is 93.6 Å². The molecule has 0 aliphatic rings. The average molecular weight is 657 g/mol. The zero-order chi connectivity index (χ0) is 33.0. The molecule has 3 aromatic heterocycles. The minimum Gasteiger partial charge on any atom is -0.456 e. The molecule has 0 aliphatic heterocycles. The van der Waals surface area contributed by atoms with Gasteiger partial charge < -0.3 is 4.42 Å². The molecular formula is C46H28N2OS. The summed E-state index contributed by atoms with van der Waals surface area (Å²) in [4.78, 5) is 10.4. The van der Waals surface area contributed by atoms with Crippen LogP contribution in [0.1, 0.15) is 0 Å². The summed E-state index contributed by atoms with van der Waals surface area (Å²) in [5.41, 5.74) is 12.7. The van der Waals surface area contributed by atoms with E-state index in [1.165, 1.54) is 4.70 Å². The van der Waals surface area contributed by atoms with Crippen LogP contribution in [0.4, 0.5) is 0 Å². The van der Waals surface area contributed by atoms with Gasteiger partial charge in [-0.3, -0.25) is 0 Å². The van der Waals surface area contributed by atoms with Crippen molar-refractivity contribution in [3.05, 3.63) is 170 Å². The number of nitrogens with zero attached hydrogens (tertiary/aromatic N) is 2. The van der Waals surface area contributed by atoms with Crippen molar-refractivity contribution in [2.24, 2.45) is 0 Å². The number of hydrogen-bond donors (Lipinski definition) is 0. The highest BCUT2D eigenvalue weighted by atomic mass is 32.1. The third kappa shape index (κ3) is 4.89.